The second-order valence-electron chi connectivity index (χ2n) is 8.20. The van der Waals surface area contributed by atoms with Gasteiger partial charge in [0, 0.05) is 26.2 Å². The molecule has 2 fully saturated rings. The summed E-state index contributed by atoms with van der Waals surface area (Å²) in [6.07, 6.45) is 1.21. The number of rotatable bonds is 3. The minimum Gasteiger partial charge on any atom is -0.366 e. The van der Waals surface area contributed by atoms with Gasteiger partial charge in [-0.1, -0.05) is 36.4 Å². The lowest BCUT2D eigenvalue weighted by Gasteiger charge is -2.36. The summed E-state index contributed by atoms with van der Waals surface area (Å²) in [5.74, 6) is -0.926. The van der Waals surface area contributed by atoms with Gasteiger partial charge in [-0.25, -0.2) is 9.18 Å². The molecule has 0 radical (unpaired) electrons. The van der Waals surface area contributed by atoms with Crippen LogP contribution in [0.25, 0.3) is 0 Å². The second-order valence-corrected chi connectivity index (χ2v) is 8.20. The highest BCUT2D eigenvalue weighted by atomic mass is 19.1. The molecule has 0 unspecified atom stereocenters. The monoisotopic (exact) mass is 422 g/mol. The summed E-state index contributed by atoms with van der Waals surface area (Å²) in [6.45, 7) is 1.51. The van der Waals surface area contributed by atoms with Crippen molar-refractivity contribution in [3.8, 4) is 0 Å². The van der Waals surface area contributed by atoms with Crippen LogP contribution in [0.1, 0.15) is 17.5 Å². The van der Waals surface area contributed by atoms with Crippen LogP contribution >= 0.6 is 0 Å². The van der Waals surface area contributed by atoms with Gasteiger partial charge in [-0.2, -0.15) is 0 Å². The molecule has 5 rings (SSSR count). The Balaban J connectivity index is 1.25. The summed E-state index contributed by atoms with van der Waals surface area (Å²) >= 11 is 0. The standard InChI is InChI=1S/C23H23FN4O3/c24-18-7-3-4-8-19(18)26-11-13-27(14-12-26)20(29)15-28-21(30)23(25-22(28)31)10-9-16-5-1-2-6-17(16)23/h1-8H,9-15H2,(H,25,31)/t23-/m0/s1. The van der Waals surface area contributed by atoms with Gasteiger partial charge in [-0.3, -0.25) is 14.5 Å². The van der Waals surface area contributed by atoms with E-state index in [2.05, 4.69) is 5.32 Å². The highest BCUT2D eigenvalue weighted by molar-refractivity contribution is 6.09. The average molecular weight is 422 g/mol. The minimum atomic E-state index is -1.06. The first-order chi connectivity index (χ1) is 15.0. The van der Waals surface area contributed by atoms with Gasteiger partial charge in [-0.05, 0) is 36.1 Å². The van der Waals surface area contributed by atoms with Gasteiger partial charge in [0.05, 0.1) is 5.69 Å². The number of hydrogen-bond acceptors (Lipinski definition) is 4. The molecule has 1 spiro atoms. The average Bonchev–Trinajstić information content (AvgIpc) is 3.27. The summed E-state index contributed by atoms with van der Waals surface area (Å²) in [6, 6.07) is 13.6. The van der Waals surface area contributed by atoms with E-state index in [1.807, 2.05) is 29.2 Å². The Kier molecular flexibility index (Phi) is 4.64. The number of aryl methyl sites for hydroxylation is 1. The van der Waals surface area contributed by atoms with Gasteiger partial charge in [0.2, 0.25) is 5.91 Å². The summed E-state index contributed by atoms with van der Waals surface area (Å²) in [4.78, 5) is 43.3. The van der Waals surface area contributed by atoms with E-state index in [9.17, 15) is 18.8 Å². The number of fused-ring (bicyclic) bond motifs is 2. The number of benzene rings is 2. The number of halogens is 1. The largest absolute Gasteiger partial charge is 0.366 e. The zero-order chi connectivity index (χ0) is 21.6. The van der Waals surface area contributed by atoms with Crippen molar-refractivity contribution in [3.63, 3.8) is 0 Å². The molecule has 2 saturated heterocycles. The fourth-order valence-corrected chi connectivity index (χ4v) is 4.87. The third-order valence-corrected chi connectivity index (χ3v) is 6.54. The van der Waals surface area contributed by atoms with E-state index in [-0.39, 0.29) is 24.2 Å². The maximum atomic E-state index is 14.0. The third-order valence-electron chi connectivity index (χ3n) is 6.54. The first-order valence-corrected chi connectivity index (χ1v) is 10.5. The summed E-state index contributed by atoms with van der Waals surface area (Å²) in [5, 5.41) is 2.85. The van der Waals surface area contributed by atoms with Crippen molar-refractivity contribution < 1.29 is 18.8 Å². The molecule has 2 aliphatic heterocycles. The van der Waals surface area contributed by atoms with Crippen molar-refractivity contribution in [3.05, 3.63) is 65.5 Å². The van der Waals surface area contributed by atoms with Crippen molar-refractivity contribution in [2.45, 2.75) is 18.4 Å². The highest BCUT2D eigenvalue weighted by Gasteiger charge is 2.55. The molecule has 1 aliphatic carbocycles. The van der Waals surface area contributed by atoms with E-state index in [0.717, 1.165) is 16.0 Å². The smallest absolute Gasteiger partial charge is 0.325 e. The Morgan fingerprint density at radius 2 is 1.71 bits per heavy atom. The Morgan fingerprint density at radius 3 is 2.48 bits per heavy atom. The summed E-state index contributed by atoms with van der Waals surface area (Å²) in [7, 11) is 0. The van der Waals surface area contributed by atoms with Gasteiger partial charge in [-0.15, -0.1) is 0 Å². The van der Waals surface area contributed by atoms with Crippen LogP contribution in [0.4, 0.5) is 14.9 Å². The van der Waals surface area contributed by atoms with Crippen LogP contribution in [-0.4, -0.2) is 60.4 Å². The lowest BCUT2D eigenvalue weighted by Crippen LogP contribution is -2.52. The number of para-hydroxylation sites is 1. The molecular formula is C23H23FN4O3. The molecule has 2 aromatic rings. The number of nitrogens with one attached hydrogen (secondary N) is 1. The van der Waals surface area contributed by atoms with Crippen molar-refractivity contribution in [2.75, 3.05) is 37.6 Å². The summed E-state index contributed by atoms with van der Waals surface area (Å²) < 4.78 is 14.0. The number of urea groups is 1. The van der Waals surface area contributed by atoms with Crippen LogP contribution in [0.5, 0.6) is 0 Å². The quantitative estimate of drug-likeness (QED) is 0.767. The number of anilines is 1. The number of imide groups is 1. The number of amides is 4. The molecule has 31 heavy (non-hydrogen) atoms. The number of carbonyl (C=O) groups excluding carboxylic acids is 3. The minimum absolute atomic E-state index is 0.278. The summed E-state index contributed by atoms with van der Waals surface area (Å²) in [5.41, 5.74) is 1.33. The van der Waals surface area contributed by atoms with Crippen LogP contribution in [0.3, 0.4) is 0 Å². The predicted molar refractivity (Wildman–Crippen MR) is 112 cm³/mol. The van der Waals surface area contributed by atoms with Crippen LogP contribution in [0.15, 0.2) is 48.5 Å². The predicted octanol–water partition coefficient (Wildman–Crippen LogP) is 1.87. The van der Waals surface area contributed by atoms with Gasteiger partial charge in [0.1, 0.15) is 17.9 Å². The Hall–Kier alpha value is -3.42. The molecule has 0 bridgehead atoms. The van der Waals surface area contributed by atoms with Crippen molar-refractivity contribution in [1.29, 1.82) is 0 Å². The number of nitrogens with zero attached hydrogens (tertiary/aromatic N) is 3. The third kappa shape index (κ3) is 3.13. The molecule has 2 aromatic carbocycles. The van der Waals surface area contributed by atoms with E-state index >= 15 is 0 Å². The first-order valence-electron chi connectivity index (χ1n) is 10.5. The zero-order valence-corrected chi connectivity index (χ0v) is 17.0. The van der Waals surface area contributed by atoms with E-state index in [1.54, 1.807) is 23.1 Å². The second kappa shape index (κ2) is 7.37. The van der Waals surface area contributed by atoms with Crippen molar-refractivity contribution in [2.24, 2.45) is 0 Å². The molecule has 2 heterocycles. The topological polar surface area (TPSA) is 73.0 Å². The van der Waals surface area contributed by atoms with Crippen LogP contribution in [-0.2, 0) is 21.5 Å². The molecule has 0 saturated carbocycles. The lowest BCUT2D eigenvalue weighted by atomic mass is 9.92. The van der Waals surface area contributed by atoms with Gasteiger partial charge in [0.15, 0.2) is 0 Å². The van der Waals surface area contributed by atoms with Gasteiger partial charge >= 0.3 is 6.03 Å². The molecular weight excluding hydrogens is 399 g/mol. The maximum absolute atomic E-state index is 14.0. The zero-order valence-electron chi connectivity index (χ0n) is 17.0. The number of hydrogen-bond donors (Lipinski definition) is 1. The van der Waals surface area contributed by atoms with Crippen molar-refractivity contribution in [1.82, 2.24) is 15.1 Å². The van der Waals surface area contributed by atoms with Gasteiger partial charge < -0.3 is 15.1 Å². The van der Waals surface area contributed by atoms with E-state index < -0.39 is 11.6 Å². The fourth-order valence-electron chi connectivity index (χ4n) is 4.87. The van der Waals surface area contributed by atoms with E-state index in [4.69, 9.17) is 0 Å². The molecule has 4 amide bonds. The molecule has 1 N–H and O–H groups in total. The lowest BCUT2D eigenvalue weighted by molar-refractivity contribution is -0.139. The Bertz CT molecular complexity index is 1070. The van der Waals surface area contributed by atoms with E-state index in [1.165, 1.54) is 6.07 Å². The molecule has 0 aromatic heterocycles. The Morgan fingerprint density at radius 1 is 1.00 bits per heavy atom. The maximum Gasteiger partial charge on any atom is 0.325 e. The van der Waals surface area contributed by atoms with Crippen molar-refractivity contribution >= 4 is 23.5 Å². The first kappa shape index (κ1) is 19.5. The SMILES string of the molecule is O=C(CN1C(=O)N[C@]2(CCc3ccccc32)C1=O)N1CCN(c2ccccc2F)CC1. The Labute approximate surface area is 179 Å². The molecule has 160 valence electrons. The van der Waals surface area contributed by atoms with Crippen LogP contribution in [0.2, 0.25) is 0 Å². The normalized spacial score (nSPS) is 22.8. The van der Waals surface area contributed by atoms with E-state index in [0.29, 0.717) is 44.7 Å². The molecule has 3 aliphatic rings. The fraction of sp³-hybridized carbons (Fsp3) is 0.348. The number of piperazine rings is 1. The van der Waals surface area contributed by atoms with Crippen LogP contribution in [0, 0.1) is 5.82 Å². The van der Waals surface area contributed by atoms with Gasteiger partial charge in [0.25, 0.3) is 5.91 Å². The molecule has 8 heteroatoms. The highest BCUT2D eigenvalue weighted by Crippen LogP contribution is 2.41. The van der Waals surface area contributed by atoms with Crippen LogP contribution < -0.4 is 10.2 Å². The molecule has 7 nitrogen and oxygen atoms in total. The molecule has 1 atom stereocenters. The number of carbonyl (C=O) groups is 3.